The molecule has 0 aromatic carbocycles. The molecule has 93 heavy (non-hydrogen) atoms. The smallest absolute Gasteiger partial charge is 0.462 e. The van der Waals surface area contributed by atoms with Gasteiger partial charge >= 0.3 is 39.5 Å². The summed E-state index contributed by atoms with van der Waals surface area (Å²) in [6.45, 7) is 4.91. The Morgan fingerprint density at radius 1 is 0.301 bits per heavy atom. The molecule has 0 radical (unpaired) electrons. The first-order valence-corrected chi connectivity index (χ1v) is 41.1. The molecule has 0 saturated heterocycles. The molecule has 0 heterocycles. The predicted octanol–water partition coefficient (Wildman–Crippen LogP) is 21.4. The monoisotopic (exact) mass is 1360 g/mol. The number of ether oxygens (including phenoxy) is 4. The highest BCUT2D eigenvalue weighted by molar-refractivity contribution is 7.47. The fourth-order valence-electron chi connectivity index (χ4n) is 10.9. The molecule has 0 aromatic rings. The van der Waals surface area contributed by atoms with Crippen molar-refractivity contribution in [2.45, 2.75) is 386 Å². The number of rotatable bonds is 73. The molecule has 0 aliphatic rings. The van der Waals surface area contributed by atoms with Crippen molar-refractivity contribution in [2.24, 2.45) is 0 Å². The molecule has 0 aliphatic heterocycles. The van der Waals surface area contributed by atoms with Gasteiger partial charge in [-0.05, 0) is 51.4 Å². The maximum absolute atomic E-state index is 13.1. The van der Waals surface area contributed by atoms with Crippen LogP contribution in [-0.4, -0.2) is 96.7 Å². The normalized spacial score (nSPS) is 14.1. The molecule has 17 nitrogen and oxygen atoms in total. The third-order valence-corrected chi connectivity index (χ3v) is 18.6. The van der Waals surface area contributed by atoms with E-state index in [1.807, 2.05) is 0 Å². The molecule has 0 bridgehead atoms. The molecule has 0 aliphatic carbocycles. The lowest BCUT2D eigenvalue weighted by Gasteiger charge is -2.21. The molecule has 0 rings (SSSR count). The van der Waals surface area contributed by atoms with Crippen LogP contribution < -0.4 is 0 Å². The van der Waals surface area contributed by atoms with Gasteiger partial charge in [0.05, 0.1) is 26.4 Å². The van der Waals surface area contributed by atoms with Crippen LogP contribution in [0.3, 0.4) is 0 Å². The average Bonchev–Trinajstić information content (AvgIpc) is 2.44. The van der Waals surface area contributed by atoms with E-state index in [-0.39, 0.29) is 25.7 Å². The molecule has 0 spiro atoms. The first-order valence-electron chi connectivity index (χ1n) is 38.1. The van der Waals surface area contributed by atoms with Gasteiger partial charge in [0.1, 0.15) is 19.3 Å². The third-order valence-electron chi connectivity index (χ3n) is 16.7. The second-order valence-electron chi connectivity index (χ2n) is 26.0. The number of carbonyl (C=O) groups is 4. The van der Waals surface area contributed by atoms with E-state index < -0.39 is 97.5 Å². The fourth-order valence-corrected chi connectivity index (χ4v) is 12.4. The number of unbranched alkanes of at least 4 members (excludes halogenated alkanes) is 44. The Labute approximate surface area is 567 Å². The zero-order valence-corrected chi connectivity index (χ0v) is 61.5. The fraction of sp³-hybridized carbons (Fsp3) is 0.892. The summed E-state index contributed by atoms with van der Waals surface area (Å²) >= 11 is 0. The van der Waals surface area contributed by atoms with Gasteiger partial charge in [-0.25, -0.2) is 9.13 Å². The molecule has 0 saturated carbocycles. The lowest BCUT2D eigenvalue weighted by molar-refractivity contribution is -0.161. The van der Waals surface area contributed by atoms with E-state index in [4.69, 9.17) is 37.0 Å². The minimum absolute atomic E-state index is 0.0860. The highest BCUT2D eigenvalue weighted by Crippen LogP contribution is 2.45. The SMILES string of the molecule is CCCCCC/C=C\C=C/CCCCCCCC(=O)O[C@H](COC(=O)CCCCCCCCCCCCCCCCC)COP(=O)(O)OC[C@@H](O)COP(=O)(O)OC[C@@H](COC(=O)CCCCCCCCCCCCC)OC(=O)CCCCCCCCCCCCCC. The maximum atomic E-state index is 13.1. The largest absolute Gasteiger partial charge is 0.472 e. The van der Waals surface area contributed by atoms with Gasteiger partial charge in [0.15, 0.2) is 12.2 Å². The van der Waals surface area contributed by atoms with Gasteiger partial charge in [0.25, 0.3) is 0 Å². The number of hydrogen-bond donors (Lipinski definition) is 3. The van der Waals surface area contributed by atoms with E-state index in [0.717, 1.165) is 103 Å². The Morgan fingerprint density at radius 2 is 0.516 bits per heavy atom. The van der Waals surface area contributed by atoms with Crippen molar-refractivity contribution < 1.29 is 80.2 Å². The summed E-state index contributed by atoms with van der Waals surface area (Å²) in [5.74, 6) is -2.14. The molecular weight excluding hydrogens is 1220 g/mol. The number of phosphoric ester groups is 2. The number of carbonyl (C=O) groups excluding carboxylic acids is 4. The Morgan fingerprint density at radius 3 is 0.785 bits per heavy atom. The molecule has 548 valence electrons. The van der Waals surface area contributed by atoms with E-state index in [0.29, 0.717) is 25.7 Å². The molecule has 19 heteroatoms. The summed E-state index contributed by atoms with van der Waals surface area (Å²) in [5, 5.41) is 10.6. The summed E-state index contributed by atoms with van der Waals surface area (Å²) < 4.78 is 68.4. The van der Waals surface area contributed by atoms with Crippen LogP contribution >= 0.6 is 15.6 Å². The van der Waals surface area contributed by atoms with Gasteiger partial charge in [-0.2, -0.15) is 0 Å². The van der Waals surface area contributed by atoms with Crippen LogP contribution in [0.4, 0.5) is 0 Å². The summed E-state index contributed by atoms with van der Waals surface area (Å²) in [4.78, 5) is 72.7. The number of phosphoric acid groups is 2. The van der Waals surface area contributed by atoms with Crippen molar-refractivity contribution in [3.63, 3.8) is 0 Å². The summed E-state index contributed by atoms with van der Waals surface area (Å²) in [7, 11) is -9.92. The zero-order chi connectivity index (χ0) is 68.2. The van der Waals surface area contributed by atoms with Crippen LogP contribution in [0, 0.1) is 0 Å². The second-order valence-corrected chi connectivity index (χ2v) is 28.9. The van der Waals surface area contributed by atoms with Crippen LogP contribution in [0.2, 0.25) is 0 Å². The van der Waals surface area contributed by atoms with E-state index >= 15 is 0 Å². The second kappa shape index (κ2) is 68.1. The van der Waals surface area contributed by atoms with Crippen molar-refractivity contribution in [1.82, 2.24) is 0 Å². The summed E-state index contributed by atoms with van der Waals surface area (Å²) in [6, 6.07) is 0. The number of aliphatic hydroxyl groups is 1. The van der Waals surface area contributed by atoms with Crippen molar-refractivity contribution >= 4 is 39.5 Å². The third kappa shape index (κ3) is 67.9. The van der Waals surface area contributed by atoms with Gasteiger partial charge in [0.2, 0.25) is 0 Å². The van der Waals surface area contributed by atoms with Crippen LogP contribution in [-0.2, 0) is 65.4 Å². The average molecular weight is 1360 g/mol. The summed E-state index contributed by atoms with van der Waals surface area (Å²) in [5.41, 5.74) is 0. The molecule has 3 N–H and O–H groups in total. The van der Waals surface area contributed by atoms with E-state index in [9.17, 15) is 43.2 Å². The first-order chi connectivity index (χ1) is 45.2. The van der Waals surface area contributed by atoms with Crippen LogP contribution in [0.5, 0.6) is 0 Å². The van der Waals surface area contributed by atoms with Gasteiger partial charge in [-0.3, -0.25) is 37.3 Å². The Kier molecular flexibility index (Phi) is 66.3. The maximum Gasteiger partial charge on any atom is 0.472 e. The highest BCUT2D eigenvalue weighted by Gasteiger charge is 2.30. The molecule has 5 atom stereocenters. The highest BCUT2D eigenvalue weighted by atomic mass is 31.2. The Hall–Kier alpha value is -2.46. The number of allylic oxidation sites excluding steroid dienone is 4. The quantitative estimate of drug-likeness (QED) is 0.0169. The topological polar surface area (TPSA) is 237 Å². The van der Waals surface area contributed by atoms with Gasteiger partial charge in [-0.1, -0.05) is 315 Å². The minimum atomic E-state index is -4.96. The Bertz CT molecular complexity index is 1870. The number of hydrogen-bond acceptors (Lipinski definition) is 15. The lowest BCUT2D eigenvalue weighted by atomic mass is 10.0. The predicted molar refractivity (Wildman–Crippen MR) is 377 cm³/mol. The summed E-state index contributed by atoms with van der Waals surface area (Å²) in [6.07, 6.45) is 60.2. The van der Waals surface area contributed by atoms with E-state index in [2.05, 4.69) is 52.0 Å². The number of esters is 4. The van der Waals surface area contributed by atoms with Crippen molar-refractivity contribution in [2.75, 3.05) is 39.6 Å². The molecule has 0 fully saturated rings. The molecule has 0 amide bonds. The van der Waals surface area contributed by atoms with Gasteiger partial charge in [0, 0.05) is 25.7 Å². The molecular formula is C74H140O17P2. The molecule has 0 aromatic heterocycles. The van der Waals surface area contributed by atoms with Crippen LogP contribution in [0.15, 0.2) is 24.3 Å². The first kappa shape index (κ1) is 90.5. The zero-order valence-electron chi connectivity index (χ0n) is 59.7. The van der Waals surface area contributed by atoms with Crippen molar-refractivity contribution in [1.29, 1.82) is 0 Å². The minimum Gasteiger partial charge on any atom is -0.462 e. The van der Waals surface area contributed by atoms with Gasteiger partial charge in [-0.15, -0.1) is 0 Å². The van der Waals surface area contributed by atoms with Crippen LogP contribution in [0.25, 0.3) is 0 Å². The Balaban J connectivity index is 5.28. The molecule has 2 unspecified atom stereocenters. The van der Waals surface area contributed by atoms with E-state index in [1.165, 1.54) is 186 Å². The van der Waals surface area contributed by atoms with Crippen molar-refractivity contribution in [3.8, 4) is 0 Å². The van der Waals surface area contributed by atoms with E-state index in [1.54, 1.807) is 0 Å². The lowest BCUT2D eigenvalue weighted by Crippen LogP contribution is -2.30. The van der Waals surface area contributed by atoms with Gasteiger partial charge < -0.3 is 33.8 Å². The van der Waals surface area contributed by atoms with Crippen LogP contribution in [0.1, 0.15) is 368 Å². The standard InChI is InChI=1S/C74H140O17P2/c1-5-9-13-17-21-25-29-32-34-36-40-43-47-51-55-59-72(77)85-65-70(91-74(79)61-57-53-49-45-41-37-35-33-30-26-22-18-14-10-6-2)67-89-93(82,83)87-63-68(75)62-86-92(80,81)88-66-69(64-84-71(76)58-54-50-46-42-38-28-24-20-16-12-8-4)90-73(78)60-56-52-48-44-39-31-27-23-19-15-11-7-3/h26,30,33,35,68-70,75H,5-25,27-29,31-32,34,36-67H2,1-4H3,(H,80,81)(H,82,83)/b30-26-,35-33-/t68-,69+,70+/m0/s1. The number of aliphatic hydroxyl groups excluding tert-OH is 1. The van der Waals surface area contributed by atoms with Crippen molar-refractivity contribution in [3.05, 3.63) is 24.3 Å².